The van der Waals surface area contributed by atoms with Gasteiger partial charge in [-0.2, -0.15) is 4.37 Å². The summed E-state index contributed by atoms with van der Waals surface area (Å²) >= 11 is 1.51. The Morgan fingerprint density at radius 1 is 1.10 bits per heavy atom. The van der Waals surface area contributed by atoms with Gasteiger partial charge in [0.2, 0.25) is 5.13 Å². The number of rotatable bonds is 3. The fraction of sp³-hybridized carbons (Fsp3) is 0.467. The highest BCUT2D eigenvalue weighted by molar-refractivity contribution is 7.09. The fourth-order valence-corrected chi connectivity index (χ4v) is 3.92. The number of methoxy groups -OCH3 is 1. The van der Waals surface area contributed by atoms with E-state index >= 15 is 0 Å². The average molecular weight is 302 g/mol. The smallest absolute Gasteiger partial charge is 0.205 e. The minimum Gasteiger partial charge on any atom is -0.497 e. The van der Waals surface area contributed by atoms with Crippen molar-refractivity contribution in [2.75, 3.05) is 43.1 Å². The van der Waals surface area contributed by atoms with Crippen LogP contribution in [-0.4, -0.2) is 42.6 Å². The van der Waals surface area contributed by atoms with Crippen molar-refractivity contribution in [2.24, 2.45) is 5.41 Å². The molecule has 1 aromatic carbocycles. The lowest BCUT2D eigenvalue weighted by Gasteiger charge is -2.60. The maximum absolute atomic E-state index is 5.20. The standard InChI is InChI=1S/C15H18N4OS/c1-11-16-14(21-17-11)19-9-15(10-19)7-18(8-15)12-3-5-13(20-2)6-4-12/h3-6H,7-10H2,1-2H3. The Kier molecular flexibility index (Phi) is 2.82. The first-order valence-electron chi connectivity index (χ1n) is 7.12. The molecule has 3 heterocycles. The Labute approximate surface area is 128 Å². The van der Waals surface area contributed by atoms with E-state index in [0.717, 1.165) is 42.9 Å². The van der Waals surface area contributed by atoms with Gasteiger partial charge in [-0.15, -0.1) is 0 Å². The fourth-order valence-electron chi connectivity index (χ4n) is 3.25. The molecule has 0 amide bonds. The third-order valence-electron chi connectivity index (χ3n) is 4.33. The second-order valence-corrected chi connectivity index (χ2v) is 6.76. The van der Waals surface area contributed by atoms with Gasteiger partial charge in [-0.1, -0.05) is 0 Å². The van der Waals surface area contributed by atoms with E-state index in [-0.39, 0.29) is 0 Å². The van der Waals surface area contributed by atoms with Crippen molar-refractivity contribution < 1.29 is 4.74 Å². The molecule has 0 bridgehead atoms. The third kappa shape index (κ3) is 2.14. The molecule has 5 nitrogen and oxygen atoms in total. The molecule has 1 spiro atoms. The maximum Gasteiger partial charge on any atom is 0.205 e. The molecule has 2 aromatic rings. The van der Waals surface area contributed by atoms with Gasteiger partial charge in [0, 0.05) is 48.8 Å². The Morgan fingerprint density at radius 3 is 2.33 bits per heavy atom. The molecule has 0 saturated carbocycles. The van der Waals surface area contributed by atoms with Crippen LogP contribution in [0.25, 0.3) is 0 Å². The summed E-state index contributed by atoms with van der Waals surface area (Å²) in [6.07, 6.45) is 0. The van der Waals surface area contributed by atoms with E-state index < -0.39 is 0 Å². The lowest BCUT2D eigenvalue weighted by Crippen LogP contribution is -2.72. The normalized spacial score (nSPS) is 19.3. The summed E-state index contributed by atoms with van der Waals surface area (Å²) < 4.78 is 9.46. The number of ether oxygens (including phenoxy) is 1. The van der Waals surface area contributed by atoms with Crippen molar-refractivity contribution >= 4 is 22.4 Å². The Hall–Kier alpha value is -1.82. The van der Waals surface area contributed by atoms with Crippen LogP contribution >= 0.6 is 11.5 Å². The number of nitrogens with zero attached hydrogens (tertiary/aromatic N) is 4. The van der Waals surface area contributed by atoms with Gasteiger partial charge in [-0.05, 0) is 31.2 Å². The number of benzene rings is 1. The zero-order valence-electron chi connectivity index (χ0n) is 12.2. The van der Waals surface area contributed by atoms with E-state index in [9.17, 15) is 0 Å². The second-order valence-electron chi connectivity index (χ2n) is 6.03. The largest absolute Gasteiger partial charge is 0.497 e. The average Bonchev–Trinajstić information content (AvgIpc) is 2.83. The molecule has 0 radical (unpaired) electrons. The summed E-state index contributed by atoms with van der Waals surface area (Å²) in [7, 11) is 1.70. The van der Waals surface area contributed by atoms with E-state index in [2.05, 4.69) is 31.3 Å². The molecular formula is C15H18N4OS. The van der Waals surface area contributed by atoms with Crippen molar-refractivity contribution in [3.8, 4) is 5.75 Å². The summed E-state index contributed by atoms with van der Waals surface area (Å²) in [5.74, 6) is 1.79. The summed E-state index contributed by atoms with van der Waals surface area (Å²) in [5.41, 5.74) is 1.74. The minimum atomic E-state index is 0.458. The van der Waals surface area contributed by atoms with Gasteiger partial charge in [-0.25, -0.2) is 4.98 Å². The topological polar surface area (TPSA) is 41.5 Å². The first-order chi connectivity index (χ1) is 10.2. The number of aromatic nitrogens is 2. The Morgan fingerprint density at radius 2 is 1.76 bits per heavy atom. The van der Waals surface area contributed by atoms with E-state index in [1.807, 2.05) is 19.1 Å². The molecule has 2 aliphatic rings. The summed E-state index contributed by atoms with van der Waals surface area (Å²) in [5, 5.41) is 1.07. The molecule has 0 N–H and O–H groups in total. The van der Waals surface area contributed by atoms with Gasteiger partial charge >= 0.3 is 0 Å². The predicted molar refractivity (Wildman–Crippen MR) is 84.5 cm³/mol. The van der Waals surface area contributed by atoms with Gasteiger partial charge in [-0.3, -0.25) is 0 Å². The molecule has 21 heavy (non-hydrogen) atoms. The molecular weight excluding hydrogens is 284 g/mol. The minimum absolute atomic E-state index is 0.458. The molecule has 1 aromatic heterocycles. The first-order valence-corrected chi connectivity index (χ1v) is 7.89. The number of hydrogen-bond acceptors (Lipinski definition) is 6. The van der Waals surface area contributed by atoms with Crippen molar-refractivity contribution in [2.45, 2.75) is 6.92 Å². The molecule has 0 aliphatic carbocycles. The van der Waals surface area contributed by atoms with Gasteiger partial charge in [0.25, 0.3) is 0 Å². The van der Waals surface area contributed by atoms with Crippen LogP contribution in [-0.2, 0) is 0 Å². The molecule has 6 heteroatoms. The van der Waals surface area contributed by atoms with Crippen LogP contribution in [0.2, 0.25) is 0 Å². The zero-order valence-corrected chi connectivity index (χ0v) is 13.1. The molecule has 0 unspecified atom stereocenters. The monoisotopic (exact) mass is 302 g/mol. The number of anilines is 2. The van der Waals surface area contributed by atoms with Gasteiger partial charge in [0.1, 0.15) is 11.6 Å². The molecule has 2 aliphatic heterocycles. The van der Waals surface area contributed by atoms with Gasteiger partial charge < -0.3 is 14.5 Å². The Bertz CT molecular complexity index is 640. The van der Waals surface area contributed by atoms with E-state index in [1.165, 1.54) is 17.2 Å². The first kappa shape index (κ1) is 12.9. The van der Waals surface area contributed by atoms with Crippen LogP contribution in [0.3, 0.4) is 0 Å². The maximum atomic E-state index is 5.20. The van der Waals surface area contributed by atoms with Crippen LogP contribution in [0, 0.1) is 12.3 Å². The summed E-state index contributed by atoms with van der Waals surface area (Å²) in [4.78, 5) is 9.23. The highest BCUT2D eigenvalue weighted by atomic mass is 32.1. The van der Waals surface area contributed by atoms with E-state index in [4.69, 9.17) is 4.74 Å². The summed E-state index contributed by atoms with van der Waals surface area (Å²) in [6.45, 7) is 6.42. The SMILES string of the molecule is COc1ccc(N2CC3(C2)CN(c2nc(C)ns2)C3)cc1. The van der Waals surface area contributed by atoms with Crippen molar-refractivity contribution in [1.29, 1.82) is 0 Å². The second kappa shape index (κ2) is 4.59. The number of aryl methyl sites for hydroxylation is 1. The van der Waals surface area contributed by atoms with Crippen LogP contribution in [0.4, 0.5) is 10.8 Å². The highest BCUT2D eigenvalue weighted by Gasteiger charge is 2.52. The summed E-state index contributed by atoms with van der Waals surface area (Å²) in [6, 6.07) is 8.32. The third-order valence-corrected chi connectivity index (χ3v) is 5.20. The molecule has 2 fully saturated rings. The molecule has 4 rings (SSSR count). The quantitative estimate of drug-likeness (QED) is 0.869. The van der Waals surface area contributed by atoms with Crippen molar-refractivity contribution in [3.63, 3.8) is 0 Å². The molecule has 110 valence electrons. The highest BCUT2D eigenvalue weighted by Crippen LogP contribution is 2.44. The van der Waals surface area contributed by atoms with Crippen LogP contribution in [0.5, 0.6) is 5.75 Å². The van der Waals surface area contributed by atoms with Crippen LogP contribution < -0.4 is 14.5 Å². The molecule has 0 atom stereocenters. The number of hydrogen-bond donors (Lipinski definition) is 0. The lowest BCUT2D eigenvalue weighted by atomic mass is 9.73. The van der Waals surface area contributed by atoms with Crippen LogP contribution in [0.15, 0.2) is 24.3 Å². The zero-order chi connectivity index (χ0) is 14.4. The van der Waals surface area contributed by atoms with Crippen molar-refractivity contribution in [3.05, 3.63) is 30.1 Å². The van der Waals surface area contributed by atoms with Crippen LogP contribution in [0.1, 0.15) is 5.82 Å². The van der Waals surface area contributed by atoms with Gasteiger partial charge in [0.15, 0.2) is 0 Å². The van der Waals surface area contributed by atoms with E-state index in [1.54, 1.807) is 7.11 Å². The van der Waals surface area contributed by atoms with Crippen molar-refractivity contribution in [1.82, 2.24) is 9.36 Å². The Balaban J connectivity index is 1.35. The predicted octanol–water partition coefficient (Wildman–Crippen LogP) is 2.18. The molecule has 2 saturated heterocycles. The van der Waals surface area contributed by atoms with E-state index in [0.29, 0.717) is 5.41 Å². The van der Waals surface area contributed by atoms with Gasteiger partial charge in [0.05, 0.1) is 7.11 Å². The lowest BCUT2D eigenvalue weighted by molar-refractivity contribution is 0.156.